The Morgan fingerprint density at radius 3 is 2.11 bits per heavy atom. The van der Waals surface area contributed by atoms with Gasteiger partial charge in [-0.2, -0.15) is 0 Å². The molecule has 0 saturated carbocycles. The van der Waals surface area contributed by atoms with Crippen molar-refractivity contribution in [1.29, 1.82) is 0 Å². The van der Waals surface area contributed by atoms with Gasteiger partial charge in [0, 0.05) is 30.9 Å². The summed E-state index contributed by atoms with van der Waals surface area (Å²) in [7, 11) is 1.24. The highest BCUT2D eigenvalue weighted by Crippen LogP contribution is 2.40. The van der Waals surface area contributed by atoms with Crippen molar-refractivity contribution >= 4 is 29.5 Å². The number of hydrogen-bond donors (Lipinski definition) is 2. The number of piperidine rings is 1. The number of nitrogens with one attached hydrogen (secondary N) is 2. The number of esters is 1. The Kier molecular flexibility index (Phi) is 9.18. The Labute approximate surface area is 258 Å². The molecule has 10 heteroatoms. The highest BCUT2D eigenvalue weighted by molar-refractivity contribution is 5.99. The molecule has 3 aromatic carbocycles. The first-order valence-corrected chi connectivity index (χ1v) is 14.9. The molecule has 230 valence electrons. The minimum atomic E-state index is -1.07. The number of anilines is 1. The van der Waals surface area contributed by atoms with Gasteiger partial charge < -0.3 is 30.1 Å². The summed E-state index contributed by atoms with van der Waals surface area (Å²) in [5.74, 6) is -1.01. The van der Waals surface area contributed by atoms with Gasteiger partial charge in [-0.05, 0) is 55.5 Å². The van der Waals surface area contributed by atoms with E-state index in [4.69, 9.17) is 4.74 Å². The number of ether oxygens (including phenoxy) is 1. The first-order valence-electron chi connectivity index (χ1n) is 14.9. The molecule has 2 aliphatic rings. The van der Waals surface area contributed by atoms with E-state index < -0.39 is 23.5 Å². The van der Waals surface area contributed by atoms with Gasteiger partial charge in [-0.1, -0.05) is 66.7 Å². The van der Waals surface area contributed by atoms with Crippen LogP contribution in [0.1, 0.15) is 39.9 Å². The van der Waals surface area contributed by atoms with Crippen molar-refractivity contribution in [2.45, 2.75) is 44.8 Å². The van der Waals surface area contributed by atoms with Crippen molar-refractivity contribution in [2.75, 3.05) is 38.3 Å². The number of urea groups is 1. The Bertz CT molecular complexity index is 1480. The van der Waals surface area contributed by atoms with E-state index in [1.54, 1.807) is 4.90 Å². The van der Waals surface area contributed by atoms with Crippen LogP contribution in [0.3, 0.4) is 0 Å². The second-order valence-corrected chi connectivity index (χ2v) is 11.4. The number of hydrogen-bond acceptors (Lipinski definition) is 6. The first-order chi connectivity index (χ1) is 21.2. The number of methoxy groups -OCH3 is 1. The SMILES string of the molecule is COC(=O)C(CNC(=O)N1CCC2(CC1)C(=O)N(Cc1ccccc1)CN2c1ccccc1)NC(=O)c1c(C)cccc1C. The lowest BCUT2D eigenvalue weighted by molar-refractivity contribution is -0.142. The van der Waals surface area contributed by atoms with E-state index in [1.165, 1.54) is 7.11 Å². The molecular weight excluding hydrogens is 558 g/mol. The molecule has 1 spiro atoms. The average molecular weight is 598 g/mol. The number of carbonyl (C=O) groups excluding carboxylic acids is 4. The van der Waals surface area contributed by atoms with Gasteiger partial charge in [-0.25, -0.2) is 9.59 Å². The second-order valence-electron chi connectivity index (χ2n) is 11.4. The molecule has 44 heavy (non-hydrogen) atoms. The van der Waals surface area contributed by atoms with Crippen LogP contribution in [-0.2, 0) is 20.9 Å². The van der Waals surface area contributed by atoms with E-state index >= 15 is 0 Å². The number of nitrogens with zero attached hydrogens (tertiary/aromatic N) is 3. The molecule has 0 aromatic heterocycles. The van der Waals surface area contributed by atoms with Crippen molar-refractivity contribution in [3.63, 3.8) is 0 Å². The molecule has 2 N–H and O–H groups in total. The molecule has 1 unspecified atom stereocenters. The first kappa shape index (κ1) is 30.6. The smallest absolute Gasteiger partial charge is 0.330 e. The third kappa shape index (κ3) is 6.24. The van der Waals surface area contributed by atoms with Crippen LogP contribution in [0.15, 0.2) is 78.9 Å². The summed E-state index contributed by atoms with van der Waals surface area (Å²) in [5.41, 5.74) is 3.32. The van der Waals surface area contributed by atoms with Crippen LogP contribution in [-0.4, -0.2) is 78.6 Å². The quantitative estimate of drug-likeness (QED) is 0.384. The Morgan fingerprint density at radius 2 is 1.50 bits per heavy atom. The monoisotopic (exact) mass is 597 g/mol. The van der Waals surface area contributed by atoms with Crippen molar-refractivity contribution in [2.24, 2.45) is 0 Å². The van der Waals surface area contributed by atoms with Crippen LogP contribution in [0, 0.1) is 13.8 Å². The number of para-hydroxylation sites is 1. The predicted molar refractivity (Wildman–Crippen MR) is 167 cm³/mol. The molecule has 1 atom stereocenters. The third-order valence-electron chi connectivity index (χ3n) is 8.63. The molecule has 2 fully saturated rings. The summed E-state index contributed by atoms with van der Waals surface area (Å²) in [4.78, 5) is 58.6. The fourth-order valence-electron chi connectivity index (χ4n) is 6.25. The standard InChI is InChI=1S/C34H39N5O5/c1-24-11-10-12-25(2)29(24)30(40)36-28(31(41)44-3)21-35-33(43)37-19-17-34(18-20-37)32(42)38(22-26-13-6-4-7-14-26)23-39(34)27-15-8-5-9-16-27/h4-16,28H,17-23H2,1-3H3,(H,35,43)(H,36,40). The molecule has 0 bridgehead atoms. The molecule has 0 aliphatic carbocycles. The maximum Gasteiger partial charge on any atom is 0.330 e. The number of rotatable bonds is 8. The average Bonchev–Trinajstić information content (AvgIpc) is 3.29. The highest BCUT2D eigenvalue weighted by atomic mass is 16.5. The lowest BCUT2D eigenvalue weighted by Crippen LogP contribution is -2.59. The van der Waals surface area contributed by atoms with Gasteiger partial charge in [0.25, 0.3) is 5.91 Å². The minimum absolute atomic E-state index is 0.0604. The van der Waals surface area contributed by atoms with Gasteiger partial charge in [0.05, 0.1) is 20.3 Å². The van der Waals surface area contributed by atoms with Crippen molar-refractivity contribution in [3.8, 4) is 0 Å². The Morgan fingerprint density at radius 1 is 0.886 bits per heavy atom. The van der Waals surface area contributed by atoms with Gasteiger partial charge in [-0.15, -0.1) is 0 Å². The zero-order valence-corrected chi connectivity index (χ0v) is 25.4. The van der Waals surface area contributed by atoms with Gasteiger partial charge in [0.15, 0.2) is 0 Å². The van der Waals surface area contributed by atoms with Crippen LogP contribution in [0.4, 0.5) is 10.5 Å². The molecule has 3 aromatic rings. The zero-order valence-electron chi connectivity index (χ0n) is 25.4. The van der Waals surface area contributed by atoms with E-state index in [-0.39, 0.29) is 18.5 Å². The van der Waals surface area contributed by atoms with Crippen LogP contribution in [0.25, 0.3) is 0 Å². The van der Waals surface area contributed by atoms with Crippen LogP contribution in [0.2, 0.25) is 0 Å². The fraction of sp³-hybridized carbons (Fsp3) is 0.353. The van der Waals surface area contributed by atoms with E-state index in [2.05, 4.69) is 15.5 Å². The summed E-state index contributed by atoms with van der Waals surface area (Å²) in [6, 6.07) is 23.9. The molecule has 2 aliphatic heterocycles. The normalized spacial score (nSPS) is 16.5. The topological polar surface area (TPSA) is 111 Å². The van der Waals surface area contributed by atoms with E-state index in [0.717, 1.165) is 22.4 Å². The van der Waals surface area contributed by atoms with Crippen molar-refractivity contribution in [1.82, 2.24) is 20.4 Å². The summed E-state index contributed by atoms with van der Waals surface area (Å²) in [6.07, 6.45) is 0.923. The highest BCUT2D eigenvalue weighted by Gasteiger charge is 2.54. The van der Waals surface area contributed by atoms with Crippen molar-refractivity contribution in [3.05, 3.63) is 101 Å². The van der Waals surface area contributed by atoms with Crippen LogP contribution >= 0.6 is 0 Å². The van der Waals surface area contributed by atoms with Crippen LogP contribution in [0.5, 0.6) is 0 Å². The largest absolute Gasteiger partial charge is 0.467 e. The van der Waals surface area contributed by atoms with Gasteiger partial charge in [0.2, 0.25) is 5.91 Å². The summed E-state index contributed by atoms with van der Waals surface area (Å²) >= 11 is 0. The zero-order chi connectivity index (χ0) is 31.3. The molecule has 4 amide bonds. The van der Waals surface area contributed by atoms with E-state index in [0.29, 0.717) is 44.7 Å². The van der Waals surface area contributed by atoms with Crippen molar-refractivity contribution < 1.29 is 23.9 Å². The van der Waals surface area contributed by atoms with Gasteiger partial charge in [-0.3, -0.25) is 9.59 Å². The third-order valence-corrected chi connectivity index (χ3v) is 8.63. The Balaban J connectivity index is 1.25. The molecule has 0 radical (unpaired) electrons. The van der Waals surface area contributed by atoms with E-state index in [1.807, 2.05) is 97.6 Å². The molecule has 5 rings (SSSR count). The lowest BCUT2D eigenvalue weighted by atomic mass is 9.85. The number of likely N-dealkylation sites (tertiary alicyclic amines) is 1. The summed E-state index contributed by atoms with van der Waals surface area (Å²) < 4.78 is 4.90. The number of aryl methyl sites for hydroxylation is 2. The molecule has 2 heterocycles. The maximum atomic E-state index is 14.0. The summed E-state index contributed by atoms with van der Waals surface area (Å²) in [5, 5.41) is 5.51. The van der Waals surface area contributed by atoms with Gasteiger partial charge in [0.1, 0.15) is 11.6 Å². The minimum Gasteiger partial charge on any atom is -0.467 e. The molecule has 2 saturated heterocycles. The van der Waals surface area contributed by atoms with Crippen LogP contribution < -0.4 is 15.5 Å². The molecular formula is C34H39N5O5. The number of carbonyl (C=O) groups is 4. The predicted octanol–water partition coefficient (Wildman–Crippen LogP) is 3.63. The second kappa shape index (κ2) is 13.2. The van der Waals surface area contributed by atoms with Gasteiger partial charge >= 0.3 is 12.0 Å². The summed E-state index contributed by atoms with van der Waals surface area (Å²) in [6.45, 7) is 5.21. The number of amides is 4. The molecule has 10 nitrogen and oxygen atoms in total. The lowest BCUT2D eigenvalue weighted by Gasteiger charge is -2.43. The fourth-order valence-corrected chi connectivity index (χ4v) is 6.25. The number of benzene rings is 3. The maximum absolute atomic E-state index is 14.0. The van der Waals surface area contributed by atoms with E-state index in [9.17, 15) is 19.2 Å². The Hall–Kier alpha value is -4.86.